The van der Waals surface area contributed by atoms with Crippen LogP contribution in [0.1, 0.15) is 33.3 Å². The van der Waals surface area contributed by atoms with Crippen LogP contribution in [0.25, 0.3) is 0 Å². The topological polar surface area (TPSA) is 18.5 Å². The number of hydrogen-bond donors (Lipinski definition) is 0. The first-order valence-corrected chi connectivity index (χ1v) is 4.99. The smallest absolute Gasteiger partial charge is 0.404 e. The second kappa shape index (κ2) is 2.87. The Kier molecular flexibility index (Phi) is 1.97. The van der Waals surface area contributed by atoms with E-state index in [1.165, 1.54) is 6.92 Å². The third-order valence-corrected chi connectivity index (χ3v) is 2.39. The second-order valence-corrected chi connectivity index (χ2v) is 4.95. The third-order valence-electron chi connectivity index (χ3n) is 2.39. The summed E-state index contributed by atoms with van der Waals surface area (Å²) < 4.78 is 23.4. The summed E-state index contributed by atoms with van der Waals surface area (Å²) in [4.78, 5) is 0. The molecule has 1 unspecified atom stereocenters. The van der Waals surface area contributed by atoms with Crippen molar-refractivity contribution in [1.82, 2.24) is 0 Å². The first-order chi connectivity index (χ1) is 6.78. The largest absolute Gasteiger partial charge is 0.423 e. The molecular formula is C12H15FO2. The molecule has 1 aromatic carbocycles. The van der Waals surface area contributed by atoms with E-state index in [1.54, 1.807) is 6.07 Å². The standard InChI is InChI=1S/C12H15FO2/c1-11(2,3)8-5-6-9-10(7-8)15-12(4,13)14-9/h5-7H,1-4H3. The second-order valence-electron chi connectivity index (χ2n) is 4.95. The SMILES string of the molecule is CC1(F)Oc2ccc(C(C)(C)C)cc2O1. The summed E-state index contributed by atoms with van der Waals surface area (Å²) >= 11 is 0. The molecular weight excluding hydrogens is 195 g/mol. The molecule has 1 atom stereocenters. The molecule has 15 heavy (non-hydrogen) atoms. The summed E-state index contributed by atoms with van der Waals surface area (Å²) in [7, 11) is 0. The molecule has 2 rings (SSSR count). The Morgan fingerprint density at radius 2 is 1.73 bits per heavy atom. The molecule has 0 radical (unpaired) electrons. The van der Waals surface area contributed by atoms with Crippen LogP contribution in [0.15, 0.2) is 18.2 Å². The summed E-state index contributed by atoms with van der Waals surface area (Å²) in [5.41, 5.74) is 1.12. The molecule has 0 spiro atoms. The Hall–Kier alpha value is -1.25. The Labute approximate surface area is 89.0 Å². The lowest BCUT2D eigenvalue weighted by molar-refractivity contribution is -0.173. The summed E-state index contributed by atoms with van der Waals surface area (Å²) in [6, 6.07) is 3.49. The third kappa shape index (κ3) is 1.91. The summed E-state index contributed by atoms with van der Waals surface area (Å²) in [6.45, 7) is 7.54. The first kappa shape index (κ1) is 10.3. The van der Waals surface area contributed by atoms with Crippen molar-refractivity contribution in [1.29, 1.82) is 0 Å². The zero-order valence-electron chi connectivity index (χ0n) is 9.43. The highest BCUT2D eigenvalue weighted by molar-refractivity contribution is 5.46. The Balaban J connectivity index is 2.39. The monoisotopic (exact) mass is 210 g/mol. The zero-order chi connectivity index (χ0) is 11.3. The van der Waals surface area contributed by atoms with Crippen molar-refractivity contribution < 1.29 is 13.9 Å². The van der Waals surface area contributed by atoms with Crippen molar-refractivity contribution >= 4 is 0 Å². The van der Waals surface area contributed by atoms with Crippen LogP contribution in [0.5, 0.6) is 11.5 Å². The van der Waals surface area contributed by atoms with Gasteiger partial charge in [-0.05, 0) is 23.1 Å². The van der Waals surface area contributed by atoms with Gasteiger partial charge < -0.3 is 9.47 Å². The van der Waals surface area contributed by atoms with Crippen molar-refractivity contribution in [3.05, 3.63) is 23.8 Å². The van der Waals surface area contributed by atoms with Crippen LogP contribution < -0.4 is 9.47 Å². The lowest BCUT2D eigenvalue weighted by atomic mass is 9.87. The van der Waals surface area contributed by atoms with E-state index >= 15 is 0 Å². The van der Waals surface area contributed by atoms with E-state index in [4.69, 9.17) is 9.47 Å². The minimum Gasteiger partial charge on any atom is -0.423 e. The average Bonchev–Trinajstić information content (AvgIpc) is 2.34. The van der Waals surface area contributed by atoms with Crippen LogP contribution in [-0.2, 0) is 5.41 Å². The van der Waals surface area contributed by atoms with Crippen molar-refractivity contribution in [3.63, 3.8) is 0 Å². The number of alkyl halides is 1. The number of benzene rings is 1. The summed E-state index contributed by atoms with van der Waals surface area (Å²) in [5.74, 6) is 0.945. The van der Waals surface area contributed by atoms with Gasteiger partial charge in [0.15, 0.2) is 11.5 Å². The van der Waals surface area contributed by atoms with Crippen molar-refractivity contribution in [2.75, 3.05) is 0 Å². The maximum atomic E-state index is 13.4. The van der Waals surface area contributed by atoms with Crippen LogP contribution in [0.2, 0.25) is 0 Å². The van der Waals surface area contributed by atoms with Crippen LogP contribution in [-0.4, -0.2) is 6.04 Å². The summed E-state index contributed by atoms with van der Waals surface area (Å²) in [6.07, 6.45) is 0. The Morgan fingerprint density at radius 3 is 2.33 bits per heavy atom. The van der Waals surface area contributed by atoms with Crippen LogP contribution in [0.4, 0.5) is 4.39 Å². The molecule has 0 bridgehead atoms. The van der Waals surface area contributed by atoms with E-state index in [1.807, 2.05) is 12.1 Å². The highest BCUT2D eigenvalue weighted by Gasteiger charge is 2.37. The lowest BCUT2D eigenvalue weighted by Gasteiger charge is -2.18. The molecule has 2 nitrogen and oxygen atoms in total. The van der Waals surface area contributed by atoms with Gasteiger partial charge in [-0.1, -0.05) is 26.8 Å². The van der Waals surface area contributed by atoms with Gasteiger partial charge in [-0.25, -0.2) is 0 Å². The molecule has 1 aromatic rings. The first-order valence-electron chi connectivity index (χ1n) is 4.99. The van der Waals surface area contributed by atoms with Crippen LogP contribution >= 0.6 is 0 Å². The van der Waals surface area contributed by atoms with Gasteiger partial charge in [-0.2, -0.15) is 4.39 Å². The highest BCUT2D eigenvalue weighted by atomic mass is 19.2. The fourth-order valence-corrected chi connectivity index (χ4v) is 1.55. The van der Waals surface area contributed by atoms with Crippen molar-refractivity contribution in [2.24, 2.45) is 0 Å². The molecule has 0 saturated heterocycles. The Bertz CT molecular complexity index is 391. The predicted octanol–water partition coefficient (Wildman–Crippen LogP) is 3.40. The quantitative estimate of drug-likeness (QED) is 0.653. The molecule has 0 aliphatic carbocycles. The molecule has 0 saturated carbocycles. The molecule has 1 aliphatic heterocycles. The van der Waals surface area contributed by atoms with Gasteiger partial charge in [0.2, 0.25) is 0 Å². The molecule has 82 valence electrons. The van der Waals surface area contributed by atoms with Gasteiger partial charge >= 0.3 is 6.04 Å². The van der Waals surface area contributed by atoms with Gasteiger partial charge in [-0.15, -0.1) is 0 Å². The highest BCUT2D eigenvalue weighted by Crippen LogP contribution is 2.42. The molecule has 0 N–H and O–H groups in total. The van der Waals surface area contributed by atoms with Gasteiger partial charge in [-0.3, -0.25) is 0 Å². The Morgan fingerprint density at radius 1 is 1.13 bits per heavy atom. The fraction of sp³-hybridized carbons (Fsp3) is 0.500. The summed E-state index contributed by atoms with van der Waals surface area (Å²) in [5, 5.41) is 0. The number of fused-ring (bicyclic) bond motifs is 1. The number of ether oxygens (including phenoxy) is 2. The molecule has 0 amide bonds. The minimum atomic E-state index is -2.03. The van der Waals surface area contributed by atoms with Crippen LogP contribution in [0, 0.1) is 0 Å². The maximum absolute atomic E-state index is 13.4. The van der Waals surface area contributed by atoms with Crippen LogP contribution in [0.3, 0.4) is 0 Å². The fourth-order valence-electron chi connectivity index (χ4n) is 1.55. The van der Waals surface area contributed by atoms with E-state index in [9.17, 15) is 4.39 Å². The van der Waals surface area contributed by atoms with E-state index in [2.05, 4.69) is 20.8 Å². The molecule has 1 heterocycles. The molecule has 0 aromatic heterocycles. The minimum absolute atomic E-state index is 0.0215. The van der Waals surface area contributed by atoms with Gasteiger partial charge in [0, 0.05) is 6.92 Å². The molecule has 0 fully saturated rings. The maximum Gasteiger partial charge on any atom is 0.404 e. The zero-order valence-corrected chi connectivity index (χ0v) is 9.43. The van der Waals surface area contributed by atoms with E-state index in [-0.39, 0.29) is 5.41 Å². The average molecular weight is 210 g/mol. The van der Waals surface area contributed by atoms with E-state index in [0.29, 0.717) is 11.5 Å². The normalized spacial score (nSPS) is 24.3. The van der Waals surface area contributed by atoms with E-state index in [0.717, 1.165) is 5.56 Å². The van der Waals surface area contributed by atoms with Gasteiger partial charge in [0.1, 0.15) is 0 Å². The van der Waals surface area contributed by atoms with Gasteiger partial charge in [0.05, 0.1) is 0 Å². The van der Waals surface area contributed by atoms with Gasteiger partial charge in [0.25, 0.3) is 0 Å². The number of halogens is 1. The van der Waals surface area contributed by atoms with Crippen molar-refractivity contribution in [2.45, 2.75) is 39.2 Å². The molecule has 3 heteroatoms. The number of rotatable bonds is 0. The van der Waals surface area contributed by atoms with Crippen molar-refractivity contribution in [3.8, 4) is 11.5 Å². The number of hydrogen-bond acceptors (Lipinski definition) is 2. The lowest BCUT2D eigenvalue weighted by Crippen LogP contribution is -2.27. The molecule has 1 aliphatic rings. The van der Waals surface area contributed by atoms with E-state index < -0.39 is 6.04 Å². The predicted molar refractivity (Wildman–Crippen MR) is 55.9 cm³/mol.